The Morgan fingerprint density at radius 3 is 2.20 bits per heavy atom. The zero-order valence-corrected chi connectivity index (χ0v) is 12.7. The van der Waals surface area contributed by atoms with Crippen molar-refractivity contribution >= 4 is 11.9 Å². The molecule has 2 aliphatic carbocycles. The number of carbonyl (C=O) groups is 1. The van der Waals surface area contributed by atoms with Gasteiger partial charge >= 0.3 is 0 Å². The van der Waals surface area contributed by atoms with Crippen LogP contribution in [0.15, 0.2) is 4.99 Å². The lowest BCUT2D eigenvalue weighted by Crippen LogP contribution is -2.43. The number of guanidine groups is 1. The van der Waals surface area contributed by atoms with E-state index in [1.807, 2.05) is 11.9 Å². The van der Waals surface area contributed by atoms with Gasteiger partial charge in [0, 0.05) is 13.1 Å². The van der Waals surface area contributed by atoms with Crippen LogP contribution in [0.5, 0.6) is 0 Å². The van der Waals surface area contributed by atoms with Crippen molar-refractivity contribution < 1.29 is 4.79 Å². The third-order valence-electron chi connectivity index (χ3n) is 5.01. The van der Waals surface area contributed by atoms with Gasteiger partial charge in [0.15, 0.2) is 0 Å². The molecule has 0 bridgehead atoms. The first kappa shape index (κ1) is 13.9. The summed E-state index contributed by atoms with van der Waals surface area (Å²) in [6.45, 7) is 0.516. The number of hydrogen-bond donors (Lipinski definition) is 0. The molecule has 20 heavy (non-hydrogen) atoms. The van der Waals surface area contributed by atoms with Gasteiger partial charge in [-0.2, -0.15) is 0 Å². The van der Waals surface area contributed by atoms with Gasteiger partial charge in [-0.1, -0.05) is 38.5 Å². The van der Waals surface area contributed by atoms with Crippen LogP contribution in [0.3, 0.4) is 0 Å². The van der Waals surface area contributed by atoms with Crippen molar-refractivity contribution in [2.45, 2.75) is 76.3 Å². The number of amides is 1. The highest BCUT2D eigenvalue weighted by atomic mass is 16.2. The second kappa shape index (κ2) is 6.15. The van der Waals surface area contributed by atoms with Crippen LogP contribution in [0.1, 0.15) is 64.2 Å². The van der Waals surface area contributed by atoms with Crippen molar-refractivity contribution in [2.75, 3.05) is 13.6 Å². The molecule has 3 fully saturated rings. The maximum Gasteiger partial charge on any atom is 0.249 e. The average molecular weight is 277 g/mol. The van der Waals surface area contributed by atoms with Gasteiger partial charge in [-0.05, 0) is 25.7 Å². The maximum atomic E-state index is 12.3. The lowest BCUT2D eigenvalue weighted by atomic mass is 9.94. The van der Waals surface area contributed by atoms with E-state index < -0.39 is 0 Å². The molecule has 4 nitrogen and oxygen atoms in total. The topological polar surface area (TPSA) is 35.9 Å². The quantitative estimate of drug-likeness (QED) is 0.778. The first-order chi connectivity index (χ1) is 9.75. The summed E-state index contributed by atoms with van der Waals surface area (Å²) >= 11 is 0. The molecule has 2 saturated carbocycles. The lowest BCUT2D eigenvalue weighted by Gasteiger charge is -2.32. The van der Waals surface area contributed by atoms with Crippen molar-refractivity contribution in [3.05, 3.63) is 0 Å². The molecular formula is C16H27N3O. The van der Waals surface area contributed by atoms with Gasteiger partial charge in [-0.25, -0.2) is 4.99 Å². The molecule has 0 unspecified atom stereocenters. The molecule has 4 heteroatoms. The van der Waals surface area contributed by atoms with Gasteiger partial charge in [-0.15, -0.1) is 0 Å². The Labute approximate surface area is 122 Å². The first-order valence-electron chi connectivity index (χ1n) is 8.36. The van der Waals surface area contributed by atoms with E-state index in [1.165, 1.54) is 51.4 Å². The van der Waals surface area contributed by atoms with E-state index >= 15 is 0 Å². The summed E-state index contributed by atoms with van der Waals surface area (Å²) in [7, 11) is 2.02. The number of likely N-dealkylation sites (N-methyl/N-ethyl adjacent to an activating group) is 1. The Hall–Kier alpha value is -1.06. The zero-order valence-electron chi connectivity index (χ0n) is 12.7. The summed E-state index contributed by atoms with van der Waals surface area (Å²) in [5, 5.41) is 0. The Bertz CT molecular complexity index is 381. The Morgan fingerprint density at radius 2 is 1.55 bits per heavy atom. The van der Waals surface area contributed by atoms with Crippen LogP contribution in [-0.4, -0.2) is 47.3 Å². The van der Waals surface area contributed by atoms with Crippen LogP contribution in [0.4, 0.5) is 0 Å². The SMILES string of the molecule is CN1CC(=O)N(C2CCCCC2)C1=NC1CCCCC1. The average Bonchev–Trinajstić information content (AvgIpc) is 2.75. The molecule has 1 amide bonds. The minimum absolute atomic E-state index is 0.258. The summed E-state index contributed by atoms with van der Waals surface area (Å²) in [6.07, 6.45) is 12.5. The van der Waals surface area contributed by atoms with E-state index in [9.17, 15) is 4.79 Å². The smallest absolute Gasteiger partial charge is 0.249 e. The van der Waals surface area contributed by atoms with Gasteiger partial charge < -0.3 is 4.90 Å². The molecule has 0 N–H and O–H groups in total. The molecule has 0 aromatic carbocycles. The molecule has 112 valence electrons. The summed E-state index contributed by atoms with van der Waals surface area (Å²) in [5.74, 6) is 1.22. The van der Waals surface area contributed by atoms with Gasteiger partial charge in [0.1, 0.15) is 0 Å². The van der Waals surface area contributed by atoms with Crippen molar-refractivity contribution in [1.82, 2.24) is 9.80 Å². The fourth-order valence-corrected chi connectivity index (χ4v) is 3.89. The highest BCUT2D eigenvalue weighted by Crippen LogP contribution is 2.27. The zero-order chi connectivity index (χ0) is 13.9. The second-order valence-electron chi connectivity index (χ2n) is 6.63. The van der Waals surface area contributed by atoms with Crippen LogP contribution < -0.4 is 0 Å². The normalized spacial score (nSPS) is 28.6. The fourth-order valence-electron chi connectivity index (χ4n) is 3.89. The first-order valence-corrected chi connectivity index (χ1v) is 8.36. The van der Waals surface area contributed by atoms with E-state index in [-0.39, 0.29) is 5.91 Å². The molecule has 0 aromatic heterocycles. The molecule has 3 rings (SSSR count). The number of aliphatic imine (C=N–C) groups is 1. The van der Waals surface area contributed by atoms with Crippen molar-refractivity contribution in [1.29, 1.82) is 0 Å². The second-order valence-corrected chi connectivity index (χ2v) is 6.63. The number of rotatable bonds is 2. The predicted octanol–water partition coefficient (Wildman–Crippen LogP) is 2.78. The molecule has 1 saturated heterocycles. The van der Waals surface area contributed by atoms with Crippen LogP contribution >= 0.6 is 0 Å². The molecule has 0 spiro atoms. The van der Waals surface area contributed by atoms with Crippen LogP contribution in [0.2, 0.25) is 0 Å². The van der Waals surface area contributed by atoms with E-state index in [2.05, 4.69) is 4.90 Å². The maximum absolute atomic E-state index is 12.3. The summed E-state index contributed by atoms with van der Waals surface area (Å²) < 4.78 is 0. The van der Waals surface area contributed by atoms with Crippen molar-refractivity contribution in [2.24, 2.45) is 4.99 Å². The summed E-state index contributed by atoms with van der Waals surface area (Å²) in [4.78, 5) is 21.4. The Morgan fingerprint density at radius 1 is 0.950 bits per heavy atom. The van der Waals surface area contributed by atoms with Crippen molar-refractivity contribution in [3.63, 3.8) is 0 Å². The number of nitrogens with zero attached hydrogens (tertiary/aromatic N) is 3. The van der Waals surface area contributed by atoms with Crippen LogP contribution in [-0.2, 0) is 4.79 Å². The summed E-state index contributed by atoms with van der Waals surface area (Å²) in [6, 6.07) is 0.849. The Balaban J connectivity index is 1.77. The largest absolute Gasteiger partial charge is 0.336 e. The molecule has 0 aromatic rings. The molecule has 1 aliphatic heterocycles. The molecule has 3 aliphatic rings. The minimum Gasteiger partial charge on any atom is -0.336 e. The highest BCUT2D eigenvalue weighted by Gasteiger charge is 2.37. The number of carbonyl (C=O) groups excluding carboxylic acids is 1. The van der Waals surface area contributed by atoms with Gasteiger partial charge in [0.25, 0.3) is 0 Å². The molecule has 1 heterocycles. The molecule has 0 radical (unpaired) electrons. The van der Waals surface area contributed by atoms with Gasteiger partial charge in [0.2, 0.25) is 11.9 Å². The minimum atomic E-state index is 0.258. The van der Waals surface area contributed by atoms with Crippen LogP contribution in [0.25, 0.3) is 0 Å². The summed E-state index contributed by atoms with van der Waals surface area (Å²) in [5.41, 5.74) is 0. The van der Waals surface area contributed by atoms with Crippen molar-refractivity contribution in [3.8, 4) is 0 Å². The van der Waals surface area contributed by atoms with E-state index in [0.29, 0.717) is 18.6 Å². The standard InChI is InChI=1S/C16H27N3O/c1-18-12-15(20)19(14-10-6-3-7-11-14)16(18)17-13-8-4-2-5-9-13/h13-14H,2-12H2,1H3. The monoisotopic (exact) mass is 277 g/mol. The molecule has 0 atom stereocenters. The third kappa shape index (κ3) is 2.84. The van der Waals surface area contributed by atoms with E-state index in [4.69, 9.17) is 4.99 Å². The number of hydrogen-bond acceptors (Lipinski definition) is 2. The van der Waals surface area contributed by atoms with Gasteiger partial charge in [-0.3, -0.25) is 9.69 Å². The van der Waals surface area contributed by atoms with E-state index in [0.717, 1.165) is 18.8 Å². The Kier molecular flexibility index (Phi) is 4.27. The van der Waals surface area contributed by atoms with Gasteiger partial charge in [0.05, 0.1) is 12.6 Å². The fraction of sp³-hybridized carbons (Fsp3) is 0.875. The highest BCUT2D eigenvalue weighted by molar-refractivity contribution is 6.04. The lowest BCUT2D eigenvalue weighted by molar-refractivity contribution is -0.126. The van der Waals surface area contributed by atoms with Crippen LogP contribution in [0, 0.1) is 0 Å². The van der Waals surface area contributed by atoms with E-state index in [1.54, 1.807) is 0 Å². The third-order valence-corrected chi connectivity index (χ3v) is 5.01. The molecular weight excluding hydrogens is 250 g/mol. The predicted molar refractivity (Wildman–Crippen MR) is 80.7 cm³/mol.